The highest BCUT2D eigenvalue weighted by molar-refractivity contribution is 7.98. The molecule has 0 bridgehead atoms. The first-order valence-electron chi connectivity index (χ1n) is 4.80. The molecule has 0 saturated heterocycles. The fourth-order valence-electron chi connectivity index (χ4n) is 1.13. The Hall–Kier alpha value is -0.180. The van der Waals surface area contributed by atoms with Crippen LogP contribution in [0, 0.1) is 11.3 Å². The van der Waals surface area contributed by atoms with Crippen LogP contribution in [-0.2, 0) is 0 Å². The Balaban J connectivity index is 3.94. The van der Waals surface area contributed by atoms with Gasteiger partial charge in [0.25, 0.3) is 0 Å². The van der Waals surface area contributed by atoms with Crippen molar-refractivity contribution in [3.8, 4) is 0 Å². The lowest BCUT2D eigenvalue weighted by atomic mass is 10.1. The van der Waals surface area contributed by atoms with Crippen LogP contribution in [0.25, 0.3) is 0 Å². The van der Waals surface area contributed by atoms with Crippen LogP contribution in [0.5, 0.6) is 0 Å². The highest BCUT2D eigenvalue weighted by atomic mass is 32.2. The molecule has 13 heavy (non-hydrogen) atoms. The van der Waals surface area contributed by atoms with E-state index in [-0.39, 0.29) is 0 Å². The van der Waals surface area contributed by atoms with Gasteiger partial charge in [-0.05, 0) is 25.4 Å². The normalized spacial score (nSPS) is 13.1. The number of rotatable bonds is 5. The predicted octanol–water partition coefficient (Wildman–Crippen LogP) is 2.69. The van der Waals surface area contributed by atoms with E-state index >= 15 is 0 Å². The average Bonchev–Trinajstić information content (AvgIpc) is 2.11. The Kier molecular flexibility index (Phi) is 6.21. The first kappa shape index (κ1) is 12.8. The average molecular weight is 202 g/mol. The van der Waals surface area contributed by atoms with Crippen LogP contribution in [0.2, 0.25) is 0 Å². The summed E-state index contributed by atoms with van der Waals surface area (Å²) in [5.41, 5.74) is 0. The van der Waals surface area contributed by atoms with Gasteiger partial charge in [-0.25, -0.2) is 0 Å². The van der Waals surface area contributed by atoms with Gasteiger partial charge in [0.05, 0.1) is 5.84 Å². The van der Waals surface area contributed by atoms with E-state index in [0.717, 1.165) is 12.3 Å². The number of hydrogen-bond acceptors (Lipinski definition) is 2. The van der Waals surface area contributed by atoms with E-state index in [1.807, 2.05) is 18.8 Å². The third kappa shape index (κ3) is 4.55. The molecule has 0 amide bonds. The van der Waals surface area contributed by atoms with E-state index in [4.69, 9.17) is 5.41 Å². The third-order valence-corrected chi connectivity index (χ3v) is 2.97. The van der Waals surface area contributed by atoms with Gasteiger partial charge >= 0.3 is 0 Å². The lowest BCUT2D eigenvalue weighted by molar-refractivity contribution is 0.364. The summed E-state index contributed by atoms with van der Waals surface area (Å²) in [4.78, 5) is 2.08. The zero-order valence-electron chi connectivity index (χ0n) is 9.42. The Labute approximate surface area is 86.6 Å². The maximum absolute atomic E-state index is 7.83. The molecule has 0 aliphatic carbocycles. The summed E-state index contributed by atoms with van der Waals surface area (Å²) < 4.78 is 0. The van der Waals surface area contributed by atoms with Crippen molar-refractivity contribution >= 4 is 17.6 Å². The van der Waals surface area contributed by atoms with Crippen molar-refractivity contribution in [3.63, 3.8) is 0 Å². The van der Waals surface area contributed by atoms with Crippen LogP contribution in [-0.4, -0.2) is 35.8 Å². The molecule has 0 aromatic carbocycles. The topological polar surface area (TPSA) is 27.1 Å². The van der Waals surface area contributed by atoms with Crippen LogP contribution < -0.4 is 0 Å². The first-order valence-corrected chi connectivity index (χ1v) is 6.20. The molecular formula is C10H22N2S. The van der Waals surface area contributed by atoms with E-state index in [1.54, 1.807) is 0 Å². The zero-order valence-corrected chi connectivity index (χ0v) is 10.2. The highest BCUT2D eigenvalue weighted by Gasteiger charge is 2.14. The molecule has 0 aliphatic heterocycles. The molecule has 0 rings (SSSR count). The number of amidine groups is 1. The largest absolute Gasteiger partial charge is 0.361 e. The Morgan fingerprint density at radius 3 is 2.31 bits per heavy atom. The Bertz CT molecular complexity index is 157. The standard InChI is InChI=1S/C10H22N2S/c1-8(2)10(11)12(4)9(3)6-7-13-5/h8-9,11H,6-7H2,1-5H3. The van der Waals surface area contributed by atoms with Crippen LogP contribution in [0.3, 0.4) is 0 Å². The maximum Gasteiger partial charge on any atom is 0.0983 e. The lowest BCUT2D eigenvalue weighted by Crippen LogP contribution is -2.37. The molecule has 1 atom stereocenters. The van der Waals surface area contributed by atoms with Crippen molar-refractivity contribution in [1.29, 1.82) is 5.41 Å². The minimum Gasteiger partial charge on any atom is -0.361 e. The van der Waals surface area contributed by atoms with Gasteiger partial charge in [0.2, 0.25) is 0 Å². The molecule has 0 spiro atoms. The van der Waals surface area contributed by atoms with Gasteiger partial charge in [-0.3, -0.25) is 5.41 Å². The minimum atomic E-state index is 0.335. The third-order valence-electron chi connectivity index (χ3n) is 2.33. The number of hydrogen-bond donors (Lipinski definition) is 1. The molecule has 1 N–H and O–H groups in total. The summed E-state index contributed by atoms with van der Waals surface area (Å²) in [6.45, 7) is 6.33. The highest BCUT2D eigenvalue weighted by Crippen LogP contribution is 2.09. The number of nitrogens with one attached hydrogen (secondary N) is 1. The van der Waals surface area contributed by atoms with Gasteiger partial charge in [0.1, 0.15) is 0 Å². The zero-order chi connectivity index (χ0) is 10.4. The molecule has 0 fully saturated rings. The summed E-state index contributed by atoms with van der Waals surface area (Å²) in [7, 11) is 2.02. The van der Waals surface area contributed by atoms with Gasteiger partial charge < -0.3 is 4.90 Å². The smallest absolute Gasteiger partial charge is 0.0983 e. The molecule has 1 unspecified atom stereocenters. The van der Waals surface area contributed by atoms with E-state index < -0.39 is 0 Å². The Morgan fingerprint density at radius 1 is 1.38 bits per heavy atom. The fraction of sp³-hybridized carbons (Fsp3) is 0.900. The molecule has 0 aromatic rings. The second-order valence-electron chi connectivity index (χ2n) is 3.78. The fourth-order valence-corrected chi connectivity index (χ4v) is 1.70. The van der Waals surface area contributed by atoms with Gasteiger partial charge in [-0.1, -0.05) is 13.8 Å². The number of thioether (sulfide) groups is 1. The summed E-state index contributed by atoms with van der Waals surface area (Å²) in [5, 5.41) is 7.83. The SMILES string of the molecule is CSCCC(C)N(C)C(=N)C(C)C. The van der Waals surface area contributed by atoms with Crippen molar-refractivity contribution in [2.45, 2.75) is 33.2 Å². The van der Waals surface area contributed by atoms with Crippen LogP contribution in [0.1, 0.15) is 27.2 Å². The van der Waals surface area contributed by atoms with E-state index in [0.29, 0.717) is 12.0 Å². The van der Waals surface area contributed by atoms with E-state index in [9.17, 15) is 0 Å². The Morgan fingerprint density at radius 2 is 1.92 bits per heavy atom. The first-order chi connectivity index (χ1) is 6.00. The van der Waals surface area contributed by atoms with E-state index in [1.165, 1.54) is 5.75 Å². The van der Waals surface area contributed by atoms with Crippen molar-refractivity contribution in [2.24, 2.45) is 5.92 Å². The summed E-state index contributed by atoms with van der Waals surface area (Å²) in [6, 6.07) is 0.488. The minimum absolute atomic E-state index is 0.335. The summed E-state index contributed by atoms with van der Waals surface area (Å²) in [5.74, 6) is 2.26. The van der Waals surface area contributed by atoms with Crippen molar-refractivity contribution in [1.82, 2.24) is 4.90 Å². The molecule has 0 aromatic heterocycles. The van der Waals surface area contributed by atoms with Crippen molar-refractivity contribution in [2.75, 3.05) is 19.1 Å². The van der Waals surface area contributed by atoms with Gasteiger partial charge in [-0.2, -0.15) is 11.8 Å². The maximum atomic E-state index is 7.83. The molecule has 0 aliphatic rings. The van der Waals surface area contributed by atoms with Crippen molar-refractivity contribution in [3.05, 3.63) is 0 Å². The molecule has 0 heterocycles. The second kappa shape index (κ2) is 6.30. The number of nitrogens with zero attached hydrogens (tertiary/aromatic N) is 1. The monoisotopic (exact) mass is 202 g/mol. The van der Waals surface area contributed by atoms with E-state index in [2.05, 4.69) is 31.9 Å². The second-order valence-corrected chi connectivity index (χ2v) is 4.77. The van der Waals surface area contributed by atoms with Crippen LogP contribution in [0.4, 0.5) is 0 Å². The quantitative estimate of drug-likeness (QED) is 0.548. The van der Waals surface area contributed by atoms with Gasteiger partial charge in [-0.15, -0.1) is 0 Å². The van der Waals surface area contributed by atoms with Crippen LogP contribution >= 0.6 is 11.8 Å². The van der Waals surface area contributed by atoms with Crippen molar-refractivity contribution < 1.29 is 0 Å². The molecule has 0 saturated carbocycles. The molecule has 0 radical (unpaired) electrons. The predicted molar refractivity (Wildman–Crippen MR) is 62.8 cm³/mol. The molecular weight excluding hydrogens is 180 g/mol. The van der Waals surface area contributed by atoms with Gasteiger partial charge in [0, 0.05) is 19.0 Å². The van der Waals surface area contributed by atoms with Gasteiger partial charge in [0.15, 0.2) is 0 Å². The molecule has 3 heteroatoms. The lowest BCUT2D eigenvalue weighted by Gasteiger charge is -2.29. The molecule has 2 nitrogen and oxygen atoms in total. The molecule has 78 valence electrons. The summed E-state index contributed by atoms with van der Waals surface area (Å²) in [6.07, 6.45) is 3.28. The summed E-state index contributed by atoms with van der Waals surface area (Å²) >= 11 is 1.87. The van der Waals surface area contributed by atoms with Crippen LogP contribution in [0.15, 0.2) is 0 Å².